The molecule has 0 fully saturated rings. The van der Waals surface area contributed by atoms with E-state index in [2.05, 4.69) is 34.6 Å². The molecule has 4 nitrogen and oxygen atoms in total. The van der Waals surface area contributed by atoms with Crippen LogP contribution >= 0.6 is 0 Å². The first-order valence-electron chi connectivity index (χ1n) is 7.88. The summed E-state index contributed by atoms with van der Waals surface area (Å²) >= 11 is 0. The lowest BCUT2D eigenvalue weighted by Gasteiger charge is -2.35. The molecule has 3 N–H and O–H groups in total. The average Bonchev–Trinajstić information content (AvgIpc) is 2.22. The fourth-order valence-corrected chi connectivity index (χ4v) is 2.45. The van der Waals surface area contributed by atoms with Gasteiger partial charge in [0.05, 0.1) is 6.10 Å². The van der Waals surface area contributed by atoms with Crippen LogP contribution in [0.1, 0.15) is 68.2 Å². The maximum Gasteiger partial charge on any atom is 0.302 e. The Morgan fingerprint density at radius 2 is 1.67 bits per heavy atom. The SMILES string of the molecule is CC(=O)OC(CC(C)C(C)C(O)CC(C)(C)C)C(C)(C)N. The minimum atomic E-state index is -0.589. The quantitative estimate of drug-likeness (QED) is 0.709. The molecule has 0 saturated carbocycles. The monoisotopic (exact) mass is 301 g/mol. The summed E-state index contributed by atoms with van der Waals surface area (Å²) in [5, 5.41) is 10.4. The second-order valence-electron chi connectivity index (χ2n) is 8.32. The molecular weight excluding hydrogens is 266 g/mol. The van der Waals surface area contributed by atoms with Crippen LogP contribution in [0.3, 0.4) is 0 Å². The summed E-state index contributed by atoms with van der Waals surface area (Å²) in [6.45, 7) is 15.6. The van der Waals surface area contributed by atoms with Crippen molar-refractivity contribution in [2.24, 2.45) is 23.0 Å². The Labute approximate surface area is 130 Å². The van der Waals surface area contributed by atoms with Crippen molar-refractivity contribution in [3.05, 3.63) is 0 Å². The normalized spacial score (nSPS) is 18.8. The van der Waals surface area contributed by atoms with Crippen LogP contribution in [-0.2, 0) is 9.53 Å². The number of nitrogens with two attached hydrogens (primary N) is 1. The van der Waals surface area contributed by atoms with Gasteiger partial charge in [-0.15, -0.1) is 0 Å². The van der Waals surface area contributed by atoms with E-state index in [-0.39, 0.29) is 35.4 Å². The van der Waals surface area contributed by atoms with E-state index in [1.807, 2.05) is 13.8 Å². The second-order valence-corrected chi connectivity index (χ2v) is 8.32. The molecule has 0 spiro atoms. The van der Waals surface area contributed by atoms with Crippen LogP contribution in [0.4, 0.5) is 0 Å². The first-order chi connectivity index (χ1) is 9.24. The van der Waals surface area contributed by atoms with Gasteiger partial charge in [-0.25, -0.2) is 0 Å². The van der Waals surface area contributed by atoms with Gasteiger partial charge in [-0.2, -0.15) is 0 Å². The van der Waals surface area contributed by atoms with E-state index in [0.29, 0.717) is 6.42 Å². The van der Waals surface area contributed by atoms with Crippen molar-refractivity contribution in [2.45, 2.75) is 86.0 Å². The van der Waals surface area contributed by atoms with E-state index in [9.17, 15) is 9.90 Å². The number of rotatable bonds is 7. The Balaban J connectivity index is 4.74. The molecule has 0 saturated heterocycles. The molecule has 0 aromatic heterocycles. The van der Waals surface area contributed by atoms with E-state index >= 15 is 0 Å². The van der Waals surface area contributed by atoms with Crippen LogP contribution in [0.5, 0.6) is 0 Å². The van der Waals surface area contributed by atoms with E-state index in [1.165, 1.54) is 6.92 Å². The van der Waals surface area contributed by atoms with Crippen LogP contribution in [-0.4, -0.2) is 28.8 Å². The van der Waals surface area contributed by atoms with Gasteiger partial charge in [0.1, 0.15) is 6.10 Å². The van der Waals surface area contributed by atoms with Gasteiger partial charge in [-0.3, -0.25) is 4.79 Å². The highest BCUT2D eigenvalue weighted by Crippen LogP contribution is 2.30. The van der Waals surface area contributed by atoms with Crippen molar-refractivity contribution in [3.63, 3.8) is 0 Å². The largest absolute Gasteiger partial charge is 0.461 e. The zero-order valence-electron chi connectivity index (χ0n) is 15.1. The first kappa shape index (κ1) is 20.4. The number of ether oxygens (including phenoxy) is 1. The van der Waals surface area contributed by atoms with E-state index in [1.54, 1.807) is 0 Å². The molecule has 4 unspecified atom stereocenters. The number of esters is 1. The molecule has 0 aromatic rings. The van der Waals surface area contributed by atoms with E-state index in [4.69, 9.17) is 10.5 Å². The highest BCUT2D eigenvalue weighted by atomic mass is 16.5. The van der Waals surface area contributed by atoms with Gasteiger partial charge in [0.15, 0.2) is 0 Å². The lowest BCUT2D eigenvalue weighted by Crippen LogP contribution is -2.48. The smallest absolute Gasteiger partial charge is 0.302 e. The second kappa shape index (κ2) is 7.59. The molecule has 0 aliphatic heterocycles. The van der Waals surface area contributed by atoms with Crippen LogP contribution in [0, 0.1) is 17.3 Å². The molecular formula is C17H35NO3. The molecule has 4 heteroatoms. The fraction of sp³-hybridized carbons (Fsp3) is 0.941. The highest BCUT2D eigenvalue weighted by Gasteiger charge is 2.33. The maximum atomic E-state index is 11.2. The van der Waals surface area contributed by atoms with Gasteiger partial charge in [0, 0.05) is 12.5 Å². The number of hydrogen-bond donors (Lipinski definition) is 2. The van der Waals surface area contributed by atoms with Crippen molar-refractivity contribution in [1.82, 2.24) is 0 Å². The summed E-state index contributed by atoms with van der Waals surface area (Å²) in [5.41, 5.74) is 5.62. The zero-order chi connectivity index (χ0) is 17.0. The summed E-state index contributed by atoms with van der Waals surface area (Å²) in [7, 11) is 0. The molecule has 21 heavy (non-hydrogen) atoms. The van der Waals surface area contributed by atoms with Crippen molar-refractivity contribution in [2.75, 3.05) is 0 Å². The molecule has 4 atom stereocenters. The van der Waals surface area contributed by atoms with Crippen molar-refractivity contribution < 1.29 is 14.6 Å². The predicted octanol–water partition coefficient (Wildman–Crippen LogP) is 3.11. The Morgan fingerprint density at radius 1 is 1.19 bits per heavy atom. The topological polar surface area (TPSA) is 72.5 Å². The third kappa shape index (κ3) is 8.42. The number of hydrogen-bond acceptors (Lipinski definition) is 4. The van der Waals surface area contributed by atoms with Crippen molar-refractivity contribution >= 4 is 5.97 Å². The summed E-state index contributed by atoms with van der Waals surface area (Å²) in [5.74, 6) is 0.0350. The van der Waals surface area contributed by atoms with Gasteiger partial charge >= 0.3 is 5.97 Å². The third-order valence-electron chi connectivity index (χ3n) is 4.05. The lowest BCUT2D eigenvalue weighted by molar-refractivity contribution is -0.150. The average molecular weight is 301 g/mol. The summed E-state index contributed by atoms with van der Waals surface area (Å²) in [6.07, 6.45) is 0.710. The van der Waals surface area contributed by atoms with Crippen molar-refractivity contribution in [1.29, 1.82) is 0 Å². The molecule has 0 heterocycles. The molecule has 0 radical (unpaired) electrons. The first-order valence-corrected chi connectivity index (χ1v) is 7.88. The Kier molecular flexibility index (Phi) is 7.37. The number of aliphatic hydroxyl groups is 1. The highest BCUT2D eigenvalue weighted by molar-refractivity contribution is 5.66. The molecule has 126 valence electrons. The lowest BCUT2D eigenvalue weighted by atomic mass is 9.78. The van der Waals surface area contributed by atoms with Gasteiger partial charge in [-0.05, 0) is 43.9 Å². The minimum Gasteiger partial charge on any atom is -0.461 e. The maximum absolute atomic E-state index is 11.2. The molecule has 0 aliphatic rings. The Bertz CT molecular complexity index is 328. The van der Waals surface area contributed by atoms with Crippen LogP contribution in [0.2, 0.25) is 0 Å². The zero-order valence-corrected chi connectivity index (χ0v) is 15.1. The van der Waals surface area contributed by atoms with Gasteiger partial charge in [0.25, 0.3) is 0 Å². The van der Waals surface area contributed by atoms with Gasteiger partial charge in [0.2, 0.25) is 0 Å². The van der Waals surface area contributed by atoms with E-state index in [0.717, 1.165) is 6.42 Å². The van der Waals surface area contributed by atoms with Gasteiger partial charge < -0.3 is 15.6 Å². The summed E-state index contributed by atoms with van der Waals surface area (Å²) < 4.78 is 5.37. The molecule has 0 aliphatic carbocycles. The molecule has 0 bridgehead atoms. The molecule has 0 amide bonds. The van der Waals surface area contributed by atoms with Crippen LogP contribution < -0.4 is 5.73 Å². The number of carbonyl (C=O) groups excluding carboxylic acids is 1. The molecule has 0 aromatic carbocycles. The van der Waals surface area contributed by atoms with Crippen LogP contribution in [0.25, 0.3) is 0 Å². The van der Waals surface area contributed by atoms with Crippen LogP contribution in [0.15, 0.2) is 0 Å². The van der Waals surface area contributed by atoms with Crippen molar-refractivity contribution in [3.8, 4) is 0 Å². The number of aliphatic hydroxyl groups excluding tert-OH is 1. The van der Waals surface area contributed by atoms with E-state index < -0.39 is 5.54 Å². The third-order valence-corrected chi connectivity index (χ3v) is 4.05. The Hall–Kier alpha value is -0.610. The minimum absolute atomic E-state index is 0.0931. The van der Waals surface area contributed by atoms with Gasteiger partial charge in [-0.1, -0.05) is 34.6 Å². The summed E-state index contributed by atoms with van der Waals surface area (Å²) in [4.78, 5) is 11.2. The standard InChI is InChI=1S/C17H35NO3/c1-11(12(2)14(20)10-16(4,5)6)9-15(17(7,8)18)21-13(3)19/h11-12,14-15,20H,9-10,18H2,1-8H3. The fourth-order valence-electron chi connectivity index (χ4n) is 2.45. The molecule has 0 rings (SSSR count). The Morgan fingerprint density at radius 3 is 2.00 bits per heavy atom. The number of carbonyl (C=O) groups is 1. The summed E-state index contributed by atoms with van der Waals surface area (Å²) in [6, 6.07) is 0. The predicted molar refractivity (Wildman–Crippen MR) is 86.8 cm³/mol.